The predicted octanol–water partition coefficient (Wildman–Crippen LogP) is 2.59. The van der Waals surface area contributed by atoms with E-state index in [1.54, 1.807) is 18.2 Å². The topological polar surface area (TPSA) is 43.9 Å². The minimum absolute atomic E-state index is 0.160. The summed E-state index contributed by atoms with van der Waals surface area (Å²) in [7, 11) is 0. The van der Waals surface area contributed by atoms with Crippen molar-refractivity contribution in [2.24, 2.45) is 0 Å². The molecule has 0 saturated carbocycles. The van der Waals surface area contributed by atoms with E-state index in [0.29, 0.717) is 37.6 Å². The van der Waals surface area contributed by atoms with Crippen molar-refractivity contribution in [1.29, 1.82) is 0 Å². The van der Waals surface area contributed by atoms with Crippen LogP contribution in [0.25, 0.3) is 0 Å². The van der Waals surface area contributed by atoms with Gasteiger partial charge in [-0.15, -0.1) is 0 Å². The lowest BCUT2D eigenvalue weighted by molar-refractivity contribution is -0.123. The highest BCUT2D eigenvalue weighted by molar-refractivity contribution is 6.22. The molecule has 1 atom stereocenters. The number of carbonyl (C=O) groups excluding carboxylic acids is 2. The Morgan fingerprint density at radius 2 is 1.70 bits per heavy atom. The van der Waals surface area contributed by atoms with Gasteiger partial charge in [0.25, 0.3) is 5.91 Å². The number of para-hydroxylation sites is 1. The maximum atomic E-state index is 14.0. The number of anilines is 2. The number of benzene rings is 2. The van der Waals surface area contributed by atoms with E-state index in [1.807, 2.05) is 41.0 Å². The van der Waals surface area contributed by atoms with Gasteiger partial charge < -0.3 is 4.90 Å². The summed E-state index contributed by atoms with van der Waals surface area (Å²) in [5, 5.41) is 0. The lowest BCUT2D eigenvalue weighted by atomic mass is 10.1. The fourth-order valence-electron chi connectivity index (χ4n) is 3.92. The van der Waals surface area contributed by atoms with Crippen LogP contribution in [0.5, 0.6) is 0 Å². The molecule has 5 nitrogen and oxygen atoms in total. The van der Waals surface area contributed by atoms with E-state index in [9.17, 15) is 14.0 Å². The second-order valence-electron chi connectivity index (χ2n) is 7.10. The number of aryl methyl sites for hydroxylation is 1. The molecule has 0 bridgehead atoms. The van der Waals surface area contributed by atoms with Crippen LogP contribution in [0.4, 0.5) is 15.8 Å². The molecule has 2 saturated heterocycles. The van der Waals surface area contributed by atoms with Gasteiger partial charge in [0.2, 0.25) is 5.91 Å². The number of imide groups is 1. The lowest BCUT2D eigenvalue weighted by Crippen LogP contribution is -2.52. The summed E-state index contributed by atoms with van der Waals surface area (Å²) in [6.07, 6.45) is 0.201. The van der Waals surface area contributed by atoms with Gasteiger partial charge in [-0.25, -0.2) is 9.29 Å². The van der Waals surface area contributed by atoms with E-state index in [0.717, 1.165) is 5.56 Å². The van der Waals surface area contributed by atoms with Crippen molar-refractivity contribution in [3.05, 3.63) is 59.9 Å². The first kappa shape index (κ1) is 17.7. The Hall–Kier alpha value is -2.73. The minimum Gasteiger partial charge on any atom is -0.367 e. The number of piperazine rings is 1. The zero-order valence-electron chi connectivity index (χ0n) is 15.3. The van der Waals surface area contributed by atoms with Crippen LogP contribution in [0.3, 0.4) is 0 Å². The smallest absolute Gasteiger partial charge is 0.251 e. The summed E-state index contributed by atoms with van der Waals surface area (Å²) in [5.74, 6) is -0.555. The number of nitrogens with zero attached hydrogens (tertiary/aromatic N) is 3. The molecular formula is C21H22FN3O2. The van der Waals surface area contributed by atoms with Crippen molar-refractivity contribution in [3.8, 4) is 0 Å². The van der Waals surface area contributed by atoms with Gasteiger partial charge in [0.15, 0.2) is 0 Å². The molecule has 2 amide bonds. The largest absolute Gasteiger partial charge is 0.367 e. The van der Waals surface area contributed by atoms with E-state index in [4.69, 9.17) is 0 Å². The van der Waals surface area contributed by atoms with Crippen LogP contribution in [-0.2, 0) is 9.59 Å². The molecule has 2 aromatic rings. The molecule has 1 unspecified atom stereocenters. The van der Waals surface area contributed by atoms with E-state index in [2.05, 4.69) is 0 Å². The van der Waals surface area contributed by atoms with Crippen molar-refractivity contribution < 1.29 is 14.0 Å². The SMILES string of the molecule is Cc1cccc(N2C(=O)CC(N3CCN(c4ccccc4F)CC3)C2=O)c1. The van der Waals surface area contributed by atoms with Gasteiger partial charge >= 0.3 is 0 Å². The molecular weight excluding hydrogens is 345 g/mol. The number of amides is 2. The summed E-state index contributed by atoms with van der Waals surface area (Å²) >= 11 is 0. The van der Waals surface area contributed by atoms with Gasteiger partial charge in [-0.1, -0.05) is 24.3 Å². The summed E-state index contributed by atoms with van der Waals surface area (Å²) in [6, 6.07) is 13.7. The zero-order chi connectivity index (χ0) is 19.0. The van der Waals surface area contributed by atoms with Gasteiger partial charge in [0.05, 0.1) is 23.8 Å². The molecule has 27 heavy (non-hydrogen) atoms. The molecule has 0 N–H and O–H groups in total. The van der Waals surface area contributed by atoms with Crippen LogP contribution in [0.2, 0.25) is 0 Å². The Bertz CT molecular complexity index is 877. The van der Waals surface area contributed by atoms with Gasteiger partial charge in [0.1, 0.15) is 5.82 Å². The molecule has 2 fully saturated rings. The van der Waals surface area contributed by atoms with E-state index in [1.165, 1.54) is 11.0 Å². The molecule has 2 heterocycles. The molecule has 0 spiro atoms. The third-order valence-electron chi connectivity index (χ3n) is 5.33. The highest BCUT2D eigenvalue weighted by Crippen LogP contribution is 2.28. The fourth-order valence-corrected chi connectivity index (χ4v) is 3.92. The summed E-state index contributed by atoms with van der Waals surface area (Å²) in [5.41, 5.74) is 2.24. The Morgan fingerprint density at radius 3 is 2.41 bits per heavy atom. The molecule has 0 aliphatic carbocycles. The van der Waals surface area contributed by atoms with Crippen LogP contribution >= 0.6 is 0 Å². The molecule has 4 rings (SSSR count). The Morgan fingerprint density at radius 1 is 0.963 bits per heavy atom. The quantitative estimate of drug-likeness (QED) is 0.783. The van der Waals surface area contributed by atoms with E-state index < -0.39 is 6.04 Å². The maximum Gasteiger partial charge on any atom is 0.251 e. The Kier molecular flexibility index (Phi) is 4.66. The molecule has 6 heteroatoms. The van der Waals surface area contributed by atoms with Crippen molar-refractivity contribution in [3.63, 3.8) is 0 Å². The van der Waals surface area contributed by atoms with Crippen molar-refractivity contribution in [2.75, 3.05) is 36.0 Å². The molecule has 140 valence electrons. The lowest BCUT2D eigenvalue weighted by Gasteiger charge is -2.38. The first-order chi connectivity index (χ1) is 13.0. The van der Waals surface area contributed by atoms with Crippen LogP contribution in [-0.4, -0.2) is 48.9 Å². The number of halogens is 1. The highest BCUT2D eigenvalue weighted by atomic mass is 19.1. The van der Waals surface area contributed by atoms with Gasteiger partial charge in [-0.2, -0.15) is 0 Å². The van der Waals surface area contributed by atoms with Crippen LogP contribution in [0, 0.1) is 12.7 Å². The maximum absolute atomic E-state index is 14.0. The normalized spacial score (nSPS) is 21.2. The molecule has 2 aliphatic rings. The van der Waals surface area contributed by atoms with Crippen LogP contribution < -0.4 is 9.80 Å². The zero-order valence-corrected chi connectivity index (χ0v) is 15.3. The van der Waals surface area contributed by atoms with Gasteiger partial charge in [-0.05, 0) is 36.8 Å². The Balaban J connectivity index is 1.45. The second kappa shape index (κ2) is 7.12. The molecule has 2 aromatic carbocycles. The highest BCUT2D eigenvalue weighted by Gasteiger charge is 2.43. The van der Waals surface area contributed by atoms with Gasteiger partial charge in [-0.3, -0.25) is 14.5 Å². The Labute approximate surface area is 158 Å². The molecule has 0 radical (unpaired) electrons. The average Bonchev–Trinajstić information content (AvgIpc) is 2.96. The number of hydrogen-bond donors (Lipinski definition) is 0. The third kappa shape index (κ3) is 3.32. The summed E-state index contributed by atoms with van der Waals surface area (Å²) < 4.78 is 14.0. The van der Waals surface area contributed by atoms with E-state index >= 15 is 0 Å². The monoisotopic (exact) mass is 367 g/mol. The van der Waals surface area contributed by atoms with E-state index in [-0.39, 0.29) is 24.1 Å². The minimum atomic E-state index is -0.430. The fraction of sp³-hybridized carbons (Fsp3) is 0.333. The first-order valence-electron chi connectivity index (χ1n) is 9.21. The number of rotatable bonds is 3. The second-order valence-corrected chi connectivity index (χ2v) is 7.10. The summed E-state index contributed by atoms with van der Waals surface area (Å²) in [4.78, 5) is 30.8. The number of hydrogen-bond acceptors (Lipinski definition) is 4. The van der Waals surface area contributed by atoms with Gasteiger partial charge in [0, 0.05) is 26.2 Å². The first-order valence-corrected chi connectivity index (χ1v) is 9.21. The predicted molar refractivity (Wildman–Crippen MR) is 102 cm³/mol. The molecule has 0 aromatic heterocycles. The summed E-state index contributed by atoms with van der Waals surface area (Å²) in [6.45, 7) is 4.44. The number of carbonyl (C=O) groups is 2. The van der Waals surface area contributed by atoms with Crippen LogP contribution in [0.1, 0.15) is 12.0 Å². The van der Waals surface area contributed by atoms with Crippen molar-refractivity contribution in [2.45, 2.75) is 19.4 Å². The van der Waals surface area contributed by atoms with Crippen LogP contribution in [0.15, 0.2) is 48.5 Å². The third-order valence-corrected chi connectivity index (χ3v) is 5.33. The average molecular weight is 367 g/mol. The van der Waals surface area contributed by atoms with Crippen molar-refractivity contribution in [1.82, 2.24) is 4.90 Å². The van der Waals surface area contributed by atoms with Crippen molar-refractivity contribution >= 4 is 23.2 Å². The standard InChI is InChI=1S/C21H22FN3O2/c1-15-5-4-6-16(13-15)25-20(26)14-19(21(25)27)24-11-9-23(10-12-24)18-8-3-2-7-17(18)22/h2-8,13,19H,9-12,14H2,1H3. The molecule has 2 aliphatic heterocycles.